The van der Waals surface area contributed by atoms with E-state index < -0.39 is 0 Å². The number of nitrogens with zero attached hydrogens (tertiary/aromatic N) is 4. The monoisotopic (exact) mass is 476 g/mol. The summed E-state index contributed by atoms with van der Waals surface area (Å²) in [4.78, 5) is 24.4. The van der Waals surface area contributed by atoms with Crippen molar-refractivity contribution in [1.29, 1.82) is 5.26 Å². The van der Waals surface area contributed by atoms with Crippen molar-refractivity contribution in [1.82, 2.24) is 9.13 Å². The summed E-state index contributed by atoms with van der Waals surface area (Å²) >= 11 is 0. The van der Waals surface area contributed by atoms with E-state index >= 15 is 0 Å². The van der Waals surface area contributed by atoms with E-state index in [0.717, 1.165) is 61.1 Å². The fourth-order valence-electron chi connectivity index (χ4n) is 3.85. The molecule has 6 nitrogen and oxygen atoms in total. The quantitative estimate of drug-likeness (QED) is 0.356. The molecule has 0 unspecified atom stereocenters. The maximum atomic E-state index is 12.3. The normalized spacial score (nSPS) is 11.0. The fraction of sp³-hybridized carbons (Fsp3) is 0.522. The van der Waals surface area contributed by atoms with Gasteiger partial charge >= 0.3 is 5.69 Å². The van der Waals surface area contributed by atoms with E-state index in [1.54, 1.807) is 14.0 Å². The Morgan fingerprint density at radius 3 is 2.37 bits per heavy atom. The molecule has 0 saturated heterocycles. The van der Waals surface area contributed by atoms with Crippen LogP contribution in [0.25, 0.3) is 0 Å². The highest BCUT2D eigenvalue weighted by atomic mass is 79.9. The van der Waals surface area contributed by atoms with Crippen LogP contribution in [0.1, 0.15) is 49.9 Å². The van der Waals surface area contributed by atoms with Gasteiger partial charge in [-0.25, -0.2) is 4.79 Å². The van der Waals surface area contributed by atoms with E-state index in [-0.39, 0.29) is 28.2 Å². The molecule has 0 atom stereocenters. The molecular formula is C23H33BrN4O2. The first-order chi connectivity index (χ1) is 13.9. The molecule has 2 rings (SSSR count). The molecule has 0 aliphatic rings. The van der Waals surface area contributed by atoms with Crippen LogP contribution in [0, 0.1) is 18.3 Å². The minimum absolute atomic E-state index is 0. The molecule has 164 valence electrons. The van der Waals surface area contributed by atoms with Crippen LogP contribution in [0.5, 0.6) is 0 Å². The summed E-state index contributed by atoms with van der Waals surface area (Å²) in [5.74, 6) is 0. The van der Waals surface area contributed by atoms with Crippen LogP contribution in [0.2, 0.25) is 0 Å². The van der Waals surface area contributed by atoms with Crippen molar-refractivity contribution < 1.29 is 21.5 Å². The molecule has 1 heterocycles. The highest BCUT2D eigenvalue weighted by Crippen LogP contribution is 2.19. The molecule has 0 amide bonds. The first-order valence-electron chi connectivity index (χ1n) is 10.5. The van der Waals surface area contributed by atoms with E-state index in [0.29, 0.717) is 12.2 Å². The molecule has 0 saturated carbocycles. The molecular weight excluding hydrogens is 444 g/mol. The Kier molecular flexibility index (Phi) is 10.2. The van der Waals surface area contributed by atoms with Gasteiger partial charge in [0.25, 0.3) is 5.56 Å². The number of aryl methyl sites for hydroxylation is 1. The molecule has 0 fully saturated rings. The number of unbranched alkanes of at least 4 members (excludes halogenated alkanes) is 2. The maximum Gasteiger partial charge on any atom is 0.330 e. The molecule has 2 aromatic rings. The van der Waals surface area contributed by atoms with Crippen LogP contribution in [-0.2, 0) is 20.1 Å². The lowest BCUT2D eigenvalue weighted by molar-refractivity contribution is -0.938. The second-order valence-electron chi connectivity index (χ2n) is 7.80. The van der Waals surface area contributed by atoms with Crippen LogP contribution < -0.4 is 28.2 Å². The van der Waals surface area contributed by atoms with Crippen molar-refractivity contribution in [2.75, 3.05) is 19.6 Å². The molecule has 0 N–H and O–H groups in total. The lowest BCUT2D eigenvalue weighted by Gasteiger charge is -2.37. The summed E-state index contributed by atoms with van der Waals surface area (Å²) in [6.45, 7) is 10.5. The van der Waals surface area contributed by atoms with Gasteiger partial charge in [0.2, 0.25) is 0 Å². The number of aromatic nitrogens is 2. The number of hydrogen-bond acceptors (Lipinski definition) is 3. The van der Waals surface area contributed by atoms with Crippen molar-refractivity contribution in [2.24, 2.45) is 7.05 Å². The van der Waals surface area contributed by atoms with E-state index in [1.807, 2.05) is 18.2 Å². The summed E-state index contributed by atoms with van der Waals surface area (Å²) in [7, 11) is 1.70. The van der Waals surface area contributed by atoms with Crippen LogP contribution in [0.15, 0.2) is 39.9 Å². The topological polar surface area (TPSA) is 67.8 Å². The highest BCUT2D eigenvalue weighted by Gasteiger charge is 2.24. The number of quaternary nitrogens is 1. The molecule has 1 aromatic heterocycles. The predicted molar refractivity (Wildman–Crippen MR) is 116 cm³/mol. The molecule has 30 heavy (non-hydrogen) atoms. The Labute approximate surface area is 189 Å². The van der Waals surface area contributed by atoms with Gasteiger partial charge in [0.05, 0.1) is 31.3 Å². The van der Waals surface area contributed by atoms with Crippen LogP contribution in [0.4, 0.5) is 0 Å². The van der Waals surface area contributed by atoms with Crippen molar-refractivity contribution in [3.63, 3.8) is 0 Å². The summed E-state index contributed by atoms with van der Waals surface area (Å²) in [5, 5.41) is 9.38. The van der Waals surface area contributed by atoms with E-state index in [1.165, 1.54) is 15.2 Å². The van der Waals surface area contributed by atoms with Gasteiger partial charge in [0.15, 0.2) is 0 Å². The minimum Gasteiger partial charge on any atom is -1.00 e. The second kappa shape index (κ2) is 11.9. The van der Waals surface area contributed by atoms with Crippen molar-refractivity contribution in [2.45, 2.75) is 53.1 Å². The van der Waals surface area contributed by atoms with Gasteiger partial charge in [-0.3, -0.25) is 9.36 Å². The number of rotatable bonds is 10. The standard InChI is InChI=1S/C23H33N4O2.BrH/c1-5-27(6-2,18-21-13-9-8-12-20(21)17-24)15-11-7-10-14-26-22(28)16-19(3)25(4)23(26)29;/h8-9,12-13,16H,5-7,10-11,14-15,18H2,1-4H3;1H/q+1;/p-1. The van der Waals surface area contributed by atoms with Crippen LogP contribution in [-0.4, -0.2) is 33.3 Å². The molecule has 0 aliphatic carbocycles. The minimum atomic E-state index is -0.240. The maximum absolute atomic E-state index is 12.3. The lowest BCUT2D eigenvalue weighted by atomic mass is 10.1. The Balaban J connectivity index is 0.00000450. The van der Waals surface area contributed by atoms with Crippen LogP contribution in [0.3, 0.4) is 0 Å². The average molecular weight is 477 g/mol. The first-order valence-corrected chi connectivity index (χ1v) is 10.5. The second-order valence-corrected chi connectivity index (χ2v) is 7.80. The van der Waals surface area contributed by atoms with Gasteiger partial charge in [-0.05, 0) is 46.1 Å². The Bertz CT molecular complexity index is 984. The zero-order valence-electron chi connectivity index (χ0n) is 18.5. The Hall–Kier alpha value is -2.17. The predicted octanol–water partition coefficient (Wildman–Crippen LogP) is -0.0418. The SMILES string of the molecule is CC[N+](CC)(CCCCCn1c(=O)cc(C)n(C)c1=O)Cc1ccccc1C#N.[Br-]. The Morgan fingerprint density at radius 1 is 1.07 bits per heavy atom. The van der Waals surface area contributed by atoms with Crippen molar-refractivity contribution in [3.8, 4) is 6.07 Å². The largest absolute Gasteiger partial charge is 1.00 e. The lowest BCUT2D eigenvalue weighted by Crippen LogP contribution is -3.00. The molecule has 0 bridgehead atoms. The van der Waals surface area contributed by atoms with Gasteiger partial charge < -0.3 is 26.0 Å². The third-order valence-corrected chi connectivity index (χ3v) is 6.14. The van der Waals surface area contributed by atoms with Gasteiger partial charge in [0, 0.05) is 30.9 Å². The molecule has 7 heteroatoms. The van der Waals surface area contributed by atoms with Crippen molar-refractivity contribution >= 4 is 0 Å². The molecule has 0 aliphatic heterocycles. The molecule has 1 aromatic carbocycles. The van der Waals surface area contributed by atoms with Gasteiger partial charge in [-0.15, -0.1) is 0 Å². The third kappa shape index (κ3) is 6.16. The highest BCUT2D eigenvalue weighted by molar-refractivity contribution is 5.36. The van der Waals surface area contributed by atoms with Crippen LogP contribution >= 0.6 is 0 Å². The number of hydrogen-bond donors (Lipinski definition) is 0. The smallest absolute Gasteiger partial charge is 0.330 e. The Morgan fingerprint density at radius 2 is 1.73 bits per heavy atom. The van der Waals surface area contributed by atoms with E-state index in [9.17, 15) is 14.9 Å². The number of nitriles is 1. The van der Waals surface area contributed by atoms with Gasteiger partial charge in [0.1, 0.15) is 6.54 Å². The van der Waals surface area contributed by atoms with Crippen molar-refractivity contribution in [3.05, 3.63) is 68.0 Å². The molecule has 0 spiro atoms. The fourth-order valence-corrected chi connectivity index (χ4v) is 3.85. The number of halogens is 1. The summed E-state index contributed by atoms with van der Waals surface area (Å²) in [6.07, 6.45) is 2.79. The van der Waals surface area contributed by atoms with E-state index in [4.69, 9.17) is 0 Å². The third-order valence-electron chi connectivity index (χ3n) is 6.14. The van der Waals surface area contributed by atoms with Gasteiger partial charge in [-0.1, -0.05) is 18.2 Å². The molecule has 0 radical (unpaired) electrons. The van der Waals surface area contributed by atoms with Gasteiger partial charge in [-0.2, -0.15) is 5.26 Å². The number of benzene rings is 1. The zero-order chi connectivity index (χ0) is 21.4. The zero-order valence-corrected chi connectivity index (χ0v) is 20.1. The summed E-state index contributed by atoms with van der Waals surface area (Å²) in [6, 6.07) is 11.7. The summed E-state index contributed by atoms with van der Waals surface area (Å²) < 4.78 is 3.78. The van der Waals surface area contributed by atoms with E-state index in [2.05, 4.69) is 26.0 Å². The summed E-state index contributed by atoms with van der Waals surface area (Å²) in [5.41, 5.74) is 2.09. The average Bonchev–Trinajstić information content (AvgIpc) is 2.73. The first kappa shape index (κ1) is 25.9.